The van der Waals surface area contributed by atoms with Crippen LogP contribution in [-0.2, 0) is 19.3 Å². The number of anilines is 1. The van der Waals surface area contributed by atoms with Crippen molar-refractivity contribution in [2.24, 2.45) is 0 Å². The molecule has 2 N–H and O–H groups in total. The Labute approximate surface area is 121 Å². The molecule has 0 spiro atoms. The molecule has 1 aliphatic rings. The monoisotopic (exact) mass is 288 g/mol. The van der Waals surface area contributed by atoms with Crippen LogP contribution in [-0.4, -0.2) is 0 Å². The molecule has 4 heteroatoms. The second kappa shape index (κ2) is 4.99. The predicted molar refractivity (Wildman–Crippen MR) is 82.8 cm³/mol. The first-order chi connectivity index (χ1) is 9.24. The minimum atomic E-state index is 0.673. The van der Waals surface area contributed by atoms with Crippen molar-refractivity contribution in [2.75, 3.05) is 5.73 Å². The standard InChI is InChI=1S/C15H16N2S2/c1-2-4-10-14(17)13(8-16)19-15(10)12-7-9-5-3-6-11(9)18-12/h7H,2-6,17H2,1H3. The van der Waals surface area contributed by atoms with Crippen LogP contribution >= 0.6 is 22.7 Å². The molecule has 19 heavy (non-hydrogen) atoms. The van der Waals surface area contributed by atoms with Crippen molar-refractivity contribution in [3.05, 3.63) is 26.9 Å². The molecule has 2 nitrogen and oxygen atoms in total. The van der Waals surface area contributed by atoms with Gasteiger partial charge in [0.15, 0.2) is 0 Å². The zero-order chi connectivity index (χ0) is 13.4. The average Bonchev–Trinajstić information content (AvgIpc) is 3.04. The van der Waals surface area contributed by atoms with Crippen molar-refractivity contribution in [1.82, 2.24) is 0 Å². The highest BCUT2D eigenvalue weighted by Crippen LogP contribution is 2.44. The third-order valence-corrected chi connectivity index (χ3v) is 6.19. The summed E-state index contributed by atoms with van der Waals surface area (Å²) in [5.41, 5.74) is 9.52. The van der Waals surface area contributed by atoms with Crippen LogP contribution in [0.25, 0.3) is 9.75 Å². The number of hydrogen-bond acceptors (Lipinski definition) is 4. The number of rotatable bonds is 3. The summed E-state index contributed by atoms with van der Waals surface area (Å²) in [7, 11) is 0. The number of nitriles is 1. The molecule has 0 saturated carbocycles. The summed E-state index contributed by atoms with van der Waals surface area (Å²) in [4.78, 5) is 4.75. The Morgan fingerprint density at radius 1 is 1.37 bits per heavy atom. The minimum Gasteiger partial charge on any atom is -0.397 e. The van der Waals surface area contributed by atoms with Gasteiger partial charge in [-0.25, -0.2) is 0 Å². The Bertz CT molecular complexity index is 637. The van der Waals surface area contributed by atoms with E-state index in [2.05, 4.69) is 19.1 Å². The lowest BCUT2D eigenvalue weighted by molar-refractivity contribution is 0.914. The summed E-state index contributed by atoms with van der Waals surface area (Å²) in [6.07, 6.45) is 5.74. The highest BCUT2D eigenvalue weighted by Gasteiger charge is 2.21. The zero-order valence-corrected chi connectivity index (χ0v) is 12.6. The molecule has 3 rings (SSSR count). The predicted octanol–water partition coefficient (Wildman–Crippen LogP) is 4.37. The third kappa shape index (κ3) is 2.07. The summed E-state index contributed by atoms with van der Waals surface area (Å²) < 4.78 is 0. The van der Waals surface area contributed by atoms with E-state index in [1.807, 2.05) is 11.3 Å². The zero-order valence-electron chi connectivity index (χ0n) is 11.0. The van der Waals surface area contributed by atoms with Crippen LogP contribution < -0.4 is 5.73 Å². The summed E-state index contributed by atoms with van der Waals surface area (Å²) in [6, 6.07) is 4.55. The van der Waals surface area contributed by atoms with Crippen LogP contribution in [0.4, 0.5) is 5.69 Å². The summed E-state index contributed by atoms with van der Waals surface area (Å²) >= 11 is 3.45. The molecule has 0 aliphatic heterocycles. The first kappa shape index (κ1) is 12.7. The van der Waals surface area contributed by atoms with Gasteiger partial charge < -0.3 is 5.73 Å². The SMILES string of the molecule is CCCc1c(-c2cc3c(s2)CCC3)sc(C#N)c1N. The Balaban J connectivity index is 2.10. The van der Waals surface area contributed by atoms with Gasteiger partial charge in [0.1, 0.15) is 10.9 Å². The van der Waals surface area contributed by atoms with Gasteiger partial charge >= 0.3 is 0 Å². The first-order valence-corrected chi connectivity index (χ1v) is 8.31. The van der Waals surface area contributed by atoms with E-state index in [4.69, 9.17) is 5.73 Å². The Morgan fingerprint density at radius 2 is 2.21 bits per heavy atom. The Kier molecular flexibility index (Phi) is 3.34. The van der Waals surface area contributed by atoms with Crippen LogP contribution in [0.5, 0.6) is 0 Å². The topological polar surface area (TPSA) is 49.8 Å². The van der Waals surface area contributed by atoms with Crippen LogP contribution in [0.3, 0.4) is 0 Å². The molecule has 0 bridgehead atoms. The van der Waals surface area contributed by atoms with Gasteiger partial charge in [0.05, 0.1) is 10.6 Å². The lowest BCUT2D eigenvalue weighted by Crippen LogP contribution is -1.92. The van der Waals surface area contributed by atoms with E-state index in [1.54, 1.807) is 11.3 Å². The van der Waals surface area contributed by atoms with Crippen molar-refractivity contribution in [2.45, 2.75) is 39.0 Å². The molecule has 2 aromatic rings. The molecule has 0 atom stereocenters. The molecule has 0 saturated heterocycles. The van der Waals surface area contributed by atoms with E-state index in [0.29, 0.717) is 10.6 Å². The van der Waals surface area contributed by atoms with Crippen molar-refractivity contribution >= 4 is 28.4 Å². The molecule has 0 amide bonds. The smallest absolute Gasteiger partial charge is 0.128 e. The molecule has 0 unspecified atom stereocenters. The van der Waals surface area contributed by atoms with Gasteiger partial charge in [0.25, 0.3) is 0 Å². The number of fused-ring (bicyclic) bond motifs is 1. The second-order valence-electron chi connectivity index (χ2n) is 4.93. The van der Waals surface area contributed by atoms with Crippen LogP contribution in [0.2, 0.25) is 0 Å². The molecule has 1 aliphatic carbocycles. The normalized spacial score (nSPS) is 13.5. The number of aryl methyl sites for hydroxylation is 2. The van der Waals surface area contributed by atoms with Crippen LogP contribution in [0.15, 0.2) is 6.07 Å². The van der Waals surface area contributed by atoms with Crippen molar-refractivity contribution in [3.8, 4) is 15.8 Å². The summed E-state index contributed by atoms with van der Waals surface area (Å²) in [6.45, 7) is 2.15. The fourth-order valence-electron chi connectivity index (χ4n) is 2.70. The molecule has 0 fully saturated rings. The fraction of sp³-hybridized carbons (Fsp3) is 0.400. The van der Waals surface area contributed by atoms with Crippen molar-refractivity contribution < 1.29 is 0 Å². The van der Waals surface area contributed by atoms with E-state index < -0.39 is 0 Å². The van der Waals surface area contributed by atoms with Crippen LogP contribution in [0, 0.1) is 11.3 Å². The number of nitrogens with two attached hydrogens (primary N) is 1. The molecular formula is C15H16N2S2. The van der Waals surface area contributed by atoms with Gasteiger partial charge in [0, 0.05) is 9.75 Å². The largest absolute Gasteiger partial charge is 0.397 e. The molecule has 2 heterocycles. The third-order valence-electron chi connectivity index (χ3n) is 3.62. The fourth-order valence-corrected chi connectivity index (χ4v) is 5.15. The van der Waals surface area contributed by atoms with Crippen LogP contribution in [0.1, 0.15) is 40.6 Å². The number of thiophene rings is 2. The number of hydrogen-bond donors (Lipinski definition) is 1. The summed E-state index contributed by atoms with van der Waals surface area (Å²) in [5.74, 6) is 0. The van der Waals surface area contributed by atoms with E-state index in [0.717, 1.165) is 12.8 Å². The molecular weight excluding hydrogens is 272 g/mol. The summed E-state index contributed by atoms with van der Waals surface area (Å²) in [5, 5.41) is 9.17. The van der Waals surface area contributed by atoms with Gasteiger partial charge in [-0.3, -0.25) is 0 Å². The van der Waals surface area contributed by atoms with Crippen molar-refractivity contribution in [3.63, 3.8) is 0 Å². The maximum absolute atomic E-state index is 9.17. The van der Waals surface area contributed by atoms with E-state index in [1.165, 1.54) is 45.0 Å². The maximum atomic E-state index is 9.17. The minimum absolute atomic E-state index is 0.673. The second-order valence-corrected chi connectivity index (χ2v) is 7.08. The van der Waals surface area contributed by atoms with Gasteiger partial charge in [-0.1, -0.05) is 13.3 Å². The Morgan fingerprint density at radius 3 is 2.89 bits per heavy atom. The Hall–Kier alpha value is -1.31. The van der Waals surface area contributed by atoms with Crippen molar-refractivity contribution in [1.29, 1.82) is 5.26 Å². The lowest BCUT2D eigenvalue weighted by atomic mass is 10.1. The van der Waals surface area contributed by atoms with E-state index >= 15 is 0 Å². The first-order valence-electron chi connectivity index (χ1n) is 6.67. The highest BCUT2D eigenvalue weighted by molar-refractivity contribution is 7.23. The van der Waals surface area contributed by atoms with E-state index in [-0.39, 0.29) is 0 Å². The van der Waals surface area contributed by atoms with Gasteiger partial charge in [-0.05, 0) is 42.9 Å². The average molecular weight is 288 g/mol. The number of nitrogens with zero attached hydrogens (tertiary/aromatic N) is 1. The van der Waals surface area contributed by atoms with Gasteiger partial charge in [0.2, 0.25) is 0 Å². The van der Waals surface area contributed by atoms with E-state index in [9.17, 15) is 5.26 Å². The lowest BCUT2D eigenvalue weighted by Gasteiger charge is -2.01. The number of nitrogen functional groups attached to an aromatic ring is 1. The highest BCUT2D eigenvalue weighted by atomic mass is 32.1. The van der Waals surface area contributed by atoms with Gasteiger partial charge in [-0.2, -0.15) is 5.26 Å². The molecule has 0 aromatic carbocycles. The quantitative estimate of drug-likeness (QED) is 0.911. The molecule has 2 aromatic heterocycles. The maximum Gasteiger partial charge on any atom is 0.128 e. The molecule has 98 valence electrons. The molecule has 0 radical (unpaired) electrons. The van der Waals surface area contributed by atoms with Gasteiger partial charge in [-0.15, -0.1) is 22.7 Å².